The molecule has 0 saturated heterocycles. The molecule has 10 heteroatoms. The standard InChI is InChI=1S/C22H28N2O6S2/c1-12(2)11-30-22(27)23-14-5-7-16-17-8-6-15(10-19(17)31-18(16)9-14)32(28,29)24-20(13(3)4)21(25)26/h6-10,12-14,20,24H,5,11H2,1-4H3,(H,23,27)(H,25,26)/t14?,20-/m0/s1. The van der Waals surface area contributed by atoms with Crippen LogP contribution in [0.3, 0.4) is 0 Å². The predicted molar refractivity (Wildman–Crippen MR) is 124 cm³/mol. The zero-order valence-electron chi connectivity index (χ0n) is 18.4. The first-order valence-electron chi connectivity index (χ1n) is 10.4. The summed E-state index contributed by atoms with van der Waals surface area (Å²) in [6, 6.07) is 3.36. The van der Waals surface area contributed by atoms with E-state index in [0.29, 0.717) is 13.0 Å². The lowest BCUT2D eigenvalue weighted by atomic mass is 10.1. The minimum Gasteiger partial charge on any atom is -0.480 e. The molecule has 0 radical (unpaired) electrons. The smallest absolute Gasteiger partial charge is 0.407 e. The predicted octanol–water partition coefficient (Wildman–Crippen LogP) is 2.00. The molecule has 1 aromatic carbocycles. The number of benzene rings is 1. The molecule has 174 valence electrons. The van der Waals surface area contributed by atoms with Crippen molar-refractivity contribution in [2.24, 2.45) is 11.8 Å². The molecule has 1 aliphatic carbocycles. The van der Waals surface area contributed by atoms with Gasteiger partial charge in [0.25, 0.3) is 0 Å². The Morgan fingerprint density at radius 3 is 2.59 bits per heavy atom. The molecule has 1 aromatic heterocycles. The zero-order chi connectivity index (χ0) is 23.6. The molecule has 0 aliphatic heterocycles. The van der Waals surface area contributed by atoms with Gasteiger partial charge in [-0.15, -0.1) is 11.3 Å². The first-order valence-corrected chi connectivity index (χ1v) is 12.7. The second-order valence-electron chi connectivity index (χ2n) is 8.57. The number of amides is 1. The number of ether oxygens (including phenoxy) is 1. The minimum atomic E-state index is -4.00. The maximum atomic E-state index is 12.8. The number of nitrogens with one attached hydrogen (secondary N) is 2. The third-order valence-corrected chi connectivity index (χ3v) is 7.61. The van der Waals surface area contributed by atoms with E-state index in [1.54, 1.807) is 26.0 Å². The molecule has 1 heterocycles. The maximum absolute atomic E-state index is 12.8. The van der Waals surface area contributed by atoms with Crippen molar-refractivity contribution in [1.29, 1.82) is 0 Å². The van der Waals surface area contributed by atoms with Gasteiger partial charge in [0.2, 0.25) is 10.0 Å². The fourth-order valence-electron chi connectivity index (χ4n) is 3.36. The number of alkyl carbamates (subject to hydrolysis) is 1. The second kappa shape index (κ2) is 9.60. The number of rotatable bonds is 8. The fourth-order valence-corrected chi connectivity index (χ4v) is 6.04. The van der Waals surface area contributed by atoms with Gasteiger partial charge < -0.3 is 15.2 Å². The Hall–Kier alpha value is -2.43. The topological polar surface area (TPSA) is 122 Å². The zero-order valence-corrected chi connectivity index (χ0v) is 20.0. The summed E-state index contributed by atoms with van der Waals surface area (Å²) < 4.78 is 34.7. The molecule has 0 saturated carbocycles. The Balaban J connectivity index is 1.86. The molecule has 1 amide bonds. The van der Waals surface area contributed by atoms with Crippen molar-refractivity contribution >= 4 is 55.7 Å². The van der Waals surface area contributed by atoms with Gasteiger partial charge in [-0.05, 0) is 41.7 Å². The molecule has 2 atom stereocenters. The van der Waals surface area contributed by atoms with Crippen molar-refractivity contribution in [3.05, 3.63) is 28.0 Å². The lowest BCUT2D eigenvalue weighted by Gasteiger charge is -2.18. The van der Waals surface area contributed by atoms with E-state index in [1.807, 2.05) is 26.0 Å². The van der Waals surface area contributed by atoms with Crippen molar-refractivity contribution in [3.8, 4) is 0 Å². The van der Waals surface area contributed by atoms with Crippen molar-refractivity contribution in [3.63, 3.8) is 0 Å². The first kappa shape index (κ1) is 24.2. The maximum Gasteiger partial charge on any atom is 0.407 e. The van der Waals surface area contributed by atoms with Gasteiger partial charge in [0, 0.05) is 14.6 Å². The number of carbonyl (C=O) groups is 2. The highest BCUT2D eigenvalue weighted by atomic mass is 32.2. The molecular weight excluding hydrogens is 452 g/mol. The first-order chi connectivity index (χ1) is 15.0. The van der Waals surface area contributed by atoms with E-state index in [-0.39, 0.29) is 16.9 Å². The van der Waals surface area contributed by atoms with Crippen LogP contribution in [-0.4, -0.2) is 44.3 Å². The van der Waals surface area contributed by atoms with Gasteiger partial charge in [0.1, 0.15) is 6.04 Å². The van der Waals surface area contributed by atoms with Crippen LogP contribution < -0.4 is 19.8 Å². The average Bonchev–Trinajstić information content (AvgIpc) is 3.07. The number of aliphatic carboxylic acids is 1. The number of carboxylic acids is 1. The highest BCUT2D eigenvalue weighted by Gasteiger charge is 2.28. The summed E-state index contributed by atoms with van der Waals surface area (Å²) in [6.07, 6.45) is 4.11. The fraction of sp³-hybridized carbons (Fsp3) is 0.455. The molecule has 0 bridgehead atoms. The van der Waals surface area contributed by atoms with Gasteiger partial charge in [0.05, 0.1) is 17.5 Å². The highest BCUT2D eigenvalue weighted by Crippen LogP contribution is 2.21. The SMILES string of the molecule is CC(C)COC(=O)NC1C=c2sc3cc(S(=O)(=O)N[C@H](C(=O)O)C(C)C)ccc3c2=CC1. The quantitative estimate of drug-likeness (QED) is 0.531. The Morgan fingerprint density at radius 1 is 1.25 bits per heavy atom. The number of sulfonamides is 1. The number of carbonyl (C=O) groups excluding carboxylic acids is 1. The van der Waals surface area contributed by atoms with Gasteiger partial charge in [0.15, 0.2) is 0 Å². The monoisotopic (exact) mass is 480 g/mol. The van der Waals surface area contributed by atoms with Crippen molar-refractivity contribution < 1.29 is 27.9 Å². The summed E-state index contributed by atoms with van der Waals surface area (Å²) in [5.41, 5.74) is 0. The van der Waals surface area contributed by atoms with Crippen LogP contribution in [0.5, 0.6) is 0 Å². The molecule has 32 heavy (non-hydrogen) atoms. The molecule has 3 rings (SSSR count). The van der Waals surface area contributed by atoms with Gasteiger partial charge in [-0.1, -0.05) is 39.8 Å². The Bertz CT molecular complexity index is 1250. The van der Waals surface area contributed by atoms with Crippen LogP contribution in [0.25, 0.3) is 22.2 Å². The normalized spacial score (nSPS) is 16.9. The van der Waals surface area contributed by atoms with Crippen LogP contribution >= 0.6 is 11.3 Å². The average molecular weight is 481 g/mol. The van der Waals surface area contributed by atoms with Gasteiger partial charge in [-0.3, -0.25) is 4.79 Å². The van der Waals surface area contributed by atoms with Crippen molar-refractivity contribution in [1.82, 2.24) is 10.0 Å². The number of hydrogen-bond acceptors (Lipinski definition) is 6. The third-order valence-electron chi connectivity index (χ3n) is 5.03. The van der Waals surface area contributed by atoms with Crippen LogP contribution in [0.2, 0.25) is 0 Å². The molecule has 0 fully saturated rings. The summed E-state index contributed by atoms with van der Waals surface area (Å²) in [7, 11) is -4.00. The third kappa shape index (κ3) is 5.48. The van der Waals surface area contributed by atoms with E-state index in [1.165, 1.54) is 17.4 Å². The Labute approximate surface area is 191 Å². The molecule has 1 aliphatic rings. The Kier molecular flexibility index (Phi) is 7.26. The van der Waals surface area contributed by atoms with Crippen LogP contribution in [0, 0.1) is 11.8 Å². The number of hydrogen-bond donors (Lipinski definition) is 3. The van der Waals surface area contributed by atoms with E-state index in [2.05, 4.69) is 10.0 Å². The Morgan fingerprint density at radius 2 is 1.97 bits per heavy atom. The summed E-state index contributed by atoms with van der Waals surface area (Å²) in [5, 5.41) is 14.1. The molecule has 1 unspecified atom stereocenters. The van der Waals surface area contributed by atoms with Gasteiger partial charge >= 0.3 is 12.1 Å². The van der Waals surface area contributed by atoms with E-state index in [9.17, 15) is 23.1 Å². The molecule has 3 N–H and O–H groups in total. The number of carboxylic acid groups (broad SMARTS) is 1. The minimum absolute atomic E-state index is 0.0161. The molecule has 2 aromatic rings. The van der Waals surface area contributed by atoms with Crippen molar-refractivity contribution in [2.75, 3.05) is 6.61 Å². The van der Waals surface area contributed by atoms with E-state index < -0.39 is 34.0 Å². The summed E-state index contributed by atoms with van der Waals surface area (Å²) in [5.74, 6) is -1.37. The molecular formula is C22H28N2O6S2. The summed E-state index contributed by atoms with van der Waals surface area (Å²) in [4.78, 5) is 23.4. The van der Waals surface area contributed by atoms with Gasteiger partial charge in [-0.25, -0.2) is 13.2 Å². The number of fused-ring (bicyclic) bond motifs is 3. The van der Waals surface area contributed by atoms with Crippen LogP contribution in [-0.2, 0) is 19.6 Å². The van der Waals surface area contributed by atoms with Crippen molar-refractivity contribution in [2.45, 2.75) is 51.1 Å². The summed E-state index contributed by atoms with van der Waals surface area (Å²) >= 11 is 1.42. The van der Waals surface area contributed by atoms with Crippen LogP contribution in [0.1, 0.15) is 34.1 Å². The van der Waals surface area contributed by atoms with Gasteiger partial charge in [-0.2, -0.15) is 4.72 Å². The lowest BCUT2D eigenvalue weighted by molar-refractivity contribution is -0.140. The largest absolute Gasteiger partial charge is 0.480 e. The van der Waals surface area contributed by atoms with Crippen LogP contribution in [0.15, 0.2) is 23.1 Å². The highest BCUT2D eigenvalue weighted by molar-refractivity contribution is 7.89. The van der Waals surface area contributed by atoms with E-state index in [4.69, 9.17) is 4.74 Å². The molecule has 0 spiro atoms. The van der Waals surface area contributed by atoms with Crippen LogP contribution in [0.4, 0.5) is 4.79 Å². The second-order valence-corrected chi connectivity index (χ2v) is 11.4. The van der Waals surface area contributed by atoms with E-state index in [0.717, 1.165) is 19.8 Å². The number of thiophene rings is 1. The lowest BCUT2D eigenvalue weighted by Crippen LogP contribution is -2.44. The van der Waals surface area contributed by atoms with E-state index >= 15 is 0 Å². The summed E-state index contributed by atoms with van der Waals surface area (Å²) in [6.45, 7) is 7.57. The molecule has 8 nitrogen and oxygen atoms in total.